The second-order valence-electron chi connectivity index (χ2n) is 9.79. The van der Waals surface area contributed by atoms with Crippen molar-refractivity contribution in [2.45, 2.75) is 11.7 Å². The summed E-state index contributed by atoms with van der Waals surface area (Å²) in [6.45, 7) is 0. The minimum Gasteiger partial charge on any atom is -0.456 e. The molecule has 6 heteroatoms. The number of hydrogen-bond donors (Lipinski definition) is 1. The highest BCUT2D eigenvalue weighted by Crippen LogP contribution is 2.60. The average Bonchev–Trinajstić information content (AvgIpc) is 3.54. The molecule has 0 radical (unpaired) electrons. The lowest BCUT2D eigenvalue weighted by molar-refractivity contribution is -0.732. The highest BCUT2D eigenvalue weighted by Gasteiger charge is 2.65. The van der Waals surface area contributed by atoms with Gasteiger partial charge in [-0.15, -0.1) is 0 Å². The standard InChI is InChI=1S/C32H23N5O/c33-29-21-34-16-17-37(29)32-25-20-23(22-8-3-1-4-9-22)14-15-27(25)38-28-13-7-12-26(30(28)32)36-19-18-35(31(32)36)24-10-5-2-6-11-24/h1-21,31,33H/p+1. The van der Waals surface area contributed by atoms with Gasteiger partial charge in [0.25, 0.3) is 5.82 Å². The zero-order chi connectivity index (χ0) is 25.3. The van der Waals surface area contributed by atoms with Gasteiger partial charge < -0.3 is 14.5 Å². The molecule has 4 aromatic carbocycles. The van der Waals surface area contributed by atoms with Crippen LogP contribution in [0, 0.1) is 0 Å². The minimum atomic E-state index is -0.726. The van der Waals surface area contributed by atoms with E-state index in [-0.39, 0.29) is 6.17 Å². The van der Waals surface area contributed by atoms with Gasteiger partial charge in [-0.1, -0.05) is 60.7 Å². The van der Waals surface area contributed by atoms with Gasteiger partial charge in [0, 0.05) is 18.1 Å². The highest BCUT2D eigenvalue weighted by molar-refractivity contribution is 5.81. The van der Waals surface area contributed by atoms with Crippen LogP contribution in [0.4, 0.5) is 17.2 Å². The number of ether oxygens (including phenoxy) is 1. The summed E-state index contributed by atoms with van der Waals surface area (Å²) in [7, 11) is 0. The molecular weight excluding hydrogens is 470 g/mol. The van der Waals surface area contributed by atoms with Crippen molar-refractivity contribution < 1.29 is 9.30 Å². The first-order chi connectivity index (χ1) is 18.8. The van der Waals surface area contributed by atoms with Crippen LogP contribution in [0.15, 0.2) is 128 Å². The van der Waals surface area contributed by atoms with Crippen molar-refractivity contribution in [3.05, 3.63) is 139 Å². The van der Waals surface area contributed by atoms with Crippen LogP contribution in [-0.2, 0) is 5.54 Å². The van der Waals surface area contributed by atoms with Gasteiger partial charge in [0.2, 0.25) is 5.54 Å². The molecule has 2 N–H and O–H groups in total. The normalized spacial score (nSPS) is 20.1. The number of nitrogens with zero attached hydrogens (tertiary/aromatic N) is 4. The zero-order valence-electron chi connectivity index (χ0n) is 20.5. The van der Waals surface area contributed by atoms with Crippen LogP contribution in [-0.4, -0.2) is 11.1 Å². The number of aromatic nitrogens is 2. The predicted octanol–water partition coefficient (Wildman–Crippen LogP) is 5.65. The van der Waals surface area contributed by atoms with Gasteiger partial charge in [0.1, 0.15) is 23.9 Å². The number of hydrogen-bond acceptors (Lipinski definition) is 5. The largest absolute Gasteiger partial charge is 0.456 e. The van der Waals surface area contributed by atoms with E-state index in [1.54, 1.807) is 6.20 Å². The maximum absolute atomic E-state index is 6.77. The molecule has 2 unspecified atom stereocenters. The fourth-order valence-corrected chi connectivity index (χ4v) is 6.40. The van der Waals surface area contributed by atoms with E-state index in [0.717, 1.165) is 45.1 Å². The molecular formula is C32H24N5O+. The summed E-state index contributed by atoms with van der Waals surface area (Å²) in [4.78, 5) is 9.02. The average molecular weight is 495 g/mol. The number of fused-ring (bicyclic) bond motifs is 5. The number of benzene rings is 4. The Kier molecular flexibility index (Phi) is 4.26. The SMILES string of the molecule is Nc1cncc[n+]1C12c3cc(-c4ccccc4)ccc3Oc3cccc(c31)N1C=CN(c3ccccc3)C12. The van der Waals surface area contributed by atoms with Crippen LogP contribution in [0.3, 0.4) is 0 Å². The predicted molar refractivity (Wildman–Crippen MR) is 148 cm³/mol. The van der Waals surface area contributed by atoms with Gasteiger partial charge >= 0.3 is 0 Å². The first-order valence-corrected chi connectivity index (χ1v) is 12.7. The highest BCUT2D eigenvalue weighted by atomic mass is 16.5. The first kappa shape index (κ1) is 21.0. The van der Waals surface area contributed by atoms with Gasteiger partial charge in [-0.05, 0) is 47.5 Å². The molecule has 38 heavy (non-hydrogen) atoms. The van der Waals surface area contributed by atoms with Crippen molar-refractivity contribution in [2.24, 2.45) is 0 Å². The summed E-state index contributed by atoms with van der Waals surface area (Å²) in [5.74, 6) is 2.23. The molecule has 5 aromatic rings. The Labute approximate surface area is 220 Å². The van der Waals surface area contributed by atoms with Crippen LogP contribution in [0.2, 0.25) is 0 Å². The second kappa shape index (κ2) is 7.70. The van der Waals surface area contributed by atoms with Gasteiger partial charge in [-0.25, -0.2) is 4.57 Å². The van der Waals surface area contributed by atoms with E-state index in [4.69, 9.17) is 10.5 Å². The Morgan fingerprint density at radius 2 is 1.58 bits per heavy atom. The van der Waals surface area contributed by atoms with Gasteiger partial charge in [-0.2, -0.15) is 0 Å². The zero-order valence-corrected chi connectivity index (χ0v) is 20.5. The van der Waals surface area contributed by atoms with Crippen molar-refractivity contribution in [1.29, 1.82) is 0 Å². The molecule has 0 aliphatic carbocycles. The summed E-state index contributed by atoms with van der Waals surface area (Å²) in [6.07, 6.45) is 9.68. The van der Waals surface area contributed by atoms with Crippen molar-refractivity contribution in [2.75, 3.05) is 15.5 Å². The second-order valence-corrected chi connectivity index (χ2v) is 9.79. The van der Waals surface area contributed by atoms with E-state index >= 15 is 0 Å². The van der Waals surface area contributed by atoms with Crippen LogP contribution < -0.4 is 24.8 Å². The number of anilines is 3. The van der Waals surface area contributed by atoms with E-state index < -0.39 is 5.54 Å². The van der Waals surface area contributed by atoms with E-state index in [1.807, 2.05) is 24.5 Å². The first-order valence-electron chi connectivity index (χ1n) is 12.7. The van der Waals surface area contributed by atoms with Gasteiger partial charge in [-0.3, -0.25) is 10.7 Å². The smallest absolute Gasteiger partial charge is 0.292 e. The Bertz CT molecular complexity index is 1740. The van der Waals surface area contributed by atoms with Crippen molar-refractivity contribution in [3.8, 4) is 22.6 Å². The molecule has 0 fully saturated rings. The lowest BCUT2D eigenvalue weighted by atomic mass is 9.77. The van der Waals surface area contributed by atoms with Gasteiger partial charge in [0.15, 0.2) is 6.17 Å². The van der Waals surface area contributed by atoms with Crippen LogP contribution in [0.25, 0.3) is 11.1 Å². The lowest BCUT2D eigenvalue weighted by Gasteiger charge is -2.42. The summed E-state index contributed by atoms with van der Waals surface area (Å²) in [5, 5.41) is 0. The van der Waals surface area contributed by atoms with Crippen molar-refractivity contribution in [1.82, 2.24) is 4.98 Å². The molecule has 0 saturated carbocycles. The Morgan fingerprint density at radius 1 is 0.789 bits per heavy atom. The fraction of sp³-hybridized carbons (Fsp3) is 0.0625. The summed E-state index contributed by atoms with van der Waals surface area (Å²) in [6, 6.07) is 33.7. The molecule has 182 valence electrons. The molecule has 4 heterocycles. The van der Waals surface area contributed by atoms with Crippen molar-refractivity contribution in [3.63, 3.8) is 0 Å². The molecule has 0 bridgehead atoms. The number of nitrogen functional groups attached to an aromatic ring is 1. The number of rotatable bonds is 3. The minimum absolute atomic E-state index is 0.163. The lowest BCUT2D eigenvalue weighted by Crippen LogP contribution is -2.68. The fourth-order valence-electron chi connectivity index (χ4n) is 6.40. The molecule has 2 atom stereocenters. The molecule has 1 aromatic heterocycles. The molecule has 3 aliphatic heterocycles. The topological polar surface area (TPSA) is 58.5 Å². The number of nitrogens with two attached hydrogens (primary N) is 1. The van der Waals surface area contributed by atoms with E-state index in [0.29, 0.717) is 5.82 Å². The van der Waals surface area contributed by atoms with E-state index in [2.05, 4.69) is 117 Å². The quantitative estimate of drug-likeness (QED) is 0.328. The summed E-state index contributed by atoms with van der Waals surface area (Å²) < 4.78 is 8.79. The summed E-state index contributed by atoms with van der Waals surface area (Å²) in [5.41, 5.74) is 12.7. The molecule has 3 aliphatic rings. The van der Waals surface area contributed by atoms with E-state index in [9.17, 15) is 0 Å². The molecule has 8 rings (SSSR count). The van der Waals surface area contributed by atoms with Crippen LogP contribution in [0.1, 0.15) is 11.1 Å². The third kappa shape index (κ3) is 2.66. The Morgan fingerprint density at radius 3 is 2.39 bits per heavy atom. The maximum Gasteiger partial charge on any atom is 0.292 e. The molecule has 0 amide bonds. The van der Waals surface area contributed by atoms with Crippen LogP contribution in [0.5, 0.6) is 11.5 Å². The Hall–Kier alpha value is -5.10. The van der Waals surface area contributed by atoms with Gasteiger partial charge in [0.05, 0.1) is 23.0 Å². The van der Waals surface area contributed by atoms with E-state index in [1.165, 1.54) is 0 Å². The number of para-hydroxylation sites is 1. The molecule has 0 saturated heterocycles. The van der Waals surface area contributed by atoms with Crippen molar-refractivity contribution >= 4 is 17.2 Å². The monoisotopic (exact) mass is 494 g/mol. The third-order valence-electron chi connectivity index (χ3n) is 7.89. The maximum atomic E-state index is 6.77. The molecule has 6 nitrogen and oxygen atoms in total. The molecule has 0 spiro atoms. The van der Waals surface area contributed by atoms with Crippen LogP contribution >= 0.6 is 0 Å². The Balaban J connectivity index is 1.49. The summed E-state index contributed by atoms with van der Waals surface area (Å²) >= 11 is 0. The third-order valence-corrected chi connectivity index (χ3v) is 7.89.